The number of aliphatic hydroxyl groups is 1. The average Bonchev–Trinajstić information content (AvgIpc) is 2.34. The normalized spacial score (nSPS) is 18.8. The Morgan fingerprint density at radius 3 is 2.67 bits per heavy atom. The largest absolute Gasteiger partial charge is 0.393 e. The summed E-state index contributed by atoms with van der Waals surface area (Å²) in [6, 6.07) is 3.48. The minimum Gasteiger partial charge on any atom is -0.393 e. The van der Waals surface area contributed by atoms with Crippen molar-refractivity contribution in [3.8, 4) is 0 Å². The van der Waals surface area contributed by atoms with Gasteiger partial charge in [0, 0.05) is 25.7 Å². The highest BCUT2D eigenvalue weighted by Crippen LogP contribution is 2.22. The fourth-order valence-corrected chi connectivity index (χ4v) is 2.39. The molecule has 1 saturated heterocycles. The molecular weight excluding hydrogens is 238 g/mol. The van der Waals surface area contributed by atoms with Gasteiger partial charge in [-0.1, -0.05) is 6.07 Å². The highest BCUT2D eigenvalue weighted by atomic mass is 19.1. The van der Waals surface area contributed by atoms with E-state index in [1.54, 1.807) is 0 Å². The van der Waals surface area contributed by atoms with Crippen LogP contribution in [0.1, 0.15) is 24.8 Å². The van der Waals surface area contributed by atoms with Crippen LogP contribution in [0.5, 0.6) is 0 Å². The summed E-state index contributed by atoms with van der Waals surface area (Å²) in [5.41, 5.74) is 0.371. The Morgan fingerprint density at radius 1 is 1.28 bits per heavy atom. The molecule has 0 bridgehead atoms. The lowest BCUT2D eigenvalue weighted by atomic mass is 9.91. The number of benzene rings is 1. The molecule has 1 unspecified atom stereocenters. The molecule has 1 N–H and O–H groups in total. The van der Waals surface area contributed by atoms with Gasteiger partial charge in [-0.25, -0.2) is 8.78 Å². The summed E-state index contributed by atoms with van der Waals surface area (Å²) in [6.07, 6.45) is 2.21. The van der Waals surface area contributed by atoms with Crippen LogP contribution in [0, 0.1) is 17.6 Å². The lowest BCUT2D eigenvalue weighted by molar-refractivity contribution is 0.0437. The molecule has 0 saturated carbocycles. The van der Waals surface area contributed by atoms with Gasteiger partial charge < -0.3 is 9.84 Å². The topological polar surface area (TPSA) is 29.5 Å². The monoisotopic (exact) mass is 256 g/mol. The maximum atomic E-state index is 13.4. The Labute approximate surface area is 106 Å². The van der Waals surface area contributed by atoms with Crippen molar-refractivity contribution in [1.82, 2.24) is 0 Å². The molecule has 1 aromatic carbocycles. The zero-order valence-electron chi connectivity index (χ0n) is 10.2. The Balaban J connectivity index is 1.87. The maximum Gasteiger partial charge on any atom is 0.129 e. The summed E-state index contributed by atoms with van der Waals surface area (Å²) in [5.74, 6) is -0.728. The van der Waals surface area contributed by atoms with Crippen molar-refractivity contribution >= 4 is 0 Å². The first-order chi connectivity index (χ1) is 8.65. The number of ether oxygens (including phenoxy) is 1. The number of halogens is 2. The first kappa shape index (κ1) is 13.4. The van der Waals surface area contributed by atoms with Gasteiger partial charge in [0.15, 0.2) is 0 Å². The Hall–Kier alpha value is -1.00. The Kier molecular flexibility index (Phi) is 4.66. The van der Waals surface area contributed by atoms with E-state index in [1.807, 2.05) is 0 Å². The van der Waals surface area contributed by atoms with Crippen LogP contribution in [0.3, 0.4) is 0 Å². The van der Waals surface area contributed by atoms with Crippen molar-refractivity contribution in [2.75, 3.05) is 13.2 Å². The molecule has 1 aliphatic heterocycles. The molecule has 0 spiro atoms. The highest BCUT2D eigenvalue weighted by molar-refractivity contribution is 5.19. The van der Waals surface area contributed by atoms with E-state index >= 15 is 0 Å². The third-order valence-corrected chi connectivity index (χ3v) is 3.42. The second-order valence-corrected chi connectivity index (χ2v) is 4.89. The van der Waals surface area contributed by atoms with E-state index < -0.39 is 17.7 Å². The van der Waals surface area contributed by atoms with Crippen LogP contribution in [0.2, 0.25) is 0 Å². The molecule has 0 amide bonds. The lowest BCUT2D eigenvalue weighted by Gasteiger charge is -2.24. The number of hydrogen-bond donors (Lipinski definition) is 1. The predicted octanol–water partition coefficient (Wildman–Crippen LogP) is 2.68. The molecule has 0 aromatic heterocycles. The summed E-state index contributed by atoms with van der Waals surface area (Å²) in [6.45, 7) is 1.48. The summed E-state index contributed by atoms with van der Waals surface area (Å²) >= 11 is 0. The summed E-state index contributed by atoms with van der Waals surface area (Å²) in [4.78, 5) is 0. The Morgan fingerprint density at radius 2 is 2.00 bits per heavy atom. The van der Waals surface area contributed by atoms with Gasteiger partial charge in [-0.3, -0.25) is 0 Å². The number of rotatable bonds is 4. The van der Waals surface area contributed by atoms with Crippen molar-refractivity contribution in [2.45, 2.75) is 31.8 Å². The van der Waals surface area contributed by atoms with Crippen LogP contribution in [0.15, 0.2) is 18.2 Å². The molecule has 0 radical (unpaired) electrons. The molecule has 100 valence electrons. The average molecular weight is 256 g/mol. The number of hydrogen-bond acceptors (Lipinski definition) is 2. The minimum absolute atomic E-state index is 0.240. The number of aliphatic hydroxyl groups excluding tert-OH is 1. The van der Waals surface area contributed by atoms with Crippen molar-refractivity contribution in [2.24, 2.45) is 5.92 Å². The van der Waals surface area contributed by atoms with Crippen LogP contribution in [-0.2, 0) is 11.2 Å². The van der Waals surface area contributed by atoms with Gasteiger partial charge in [-0.2, -0.15) is 0 Å². The van der Waals surface area contributed by atoms with E-state index in [-0.39, 0.29) is 6.42 Å². The van der Waals surface area contributed by atoms with Crippen LogP contribution in [0.25, 0.3) is 0 Å². The van der Waals surface area contributed by atoms with Gasteiger partial charge in [-0.15, -0.1) is 0 Å². The summed E-state index contributed by atoms with van der Waals surface area (Å²) in [7, 11) is 0. The molecule has 18 heavy (non-hydrogen) atoms. The van der Waals surface area contributed by atoms with Gasteiger partial charge in [0.1, 0.15) is 11.6 Å². The molecule has 0 aliphatic carbocycles. The first-order valence-electron chi connectivity index (χ1n) is 6.35. The Bertz CT molecular complexity index is 389. The molecule has 2 rings (SSSR count). The van der Waals surface area contributed by atoms with Crippen LogP contribution < -0.4 is 0 Å². The fourth-order valence-electron chi connectivity index (χ4n) is 2.39. The summed E-state index contributed by atoms with van der Waals surface area (Å²) in [5, 5.41) is 9.95. The summed E-state index contributed by atoms with van der Waals surface area (Å²) < 4.78 is 31.4. The van der Waals surface area contributed by atoms with Crippen molar-refractivity contribution in [3.63, 3.8) is 0 Å². The van der Waals surface area contributed by atoms with Crippen LogP contribution in [0.4, 0.5) is 8.78 Å². The van der Waals surface area contributed by atoms with Crippen LogP contribution in [-0.4, -0.2) is 24.4 Å². The van der Waals surface area contributed by atoms with E-state index in [9.17, 15) is 13.9 Å². The smallest absolute Gasteiger partial charge is 0.129 e. The minimum atomic E-state index is -0.588. The van der Waals surface area contributed by atoms with Gasteiger partial charge in [0.25, 0.3) is 0 Å². The molecule has 1 heterocycles. The van der Waals surface area contributed by atoms with Crippen molar-refractivity contribution in [3.05, 3.63) is 35.4 Å². The molecule has 1 fully saturated rings. The van der Waals surface area contributed by atoms with E-state index in [1.165, 1.54) is 12.1 Å². The van der Waals surface area contributed by atoms with Crippen LogP contribution >= 0.6 is 0 Å². The molecule has 2 nitrogen and oxygen atoms in total. The molecular formula is C14H18F2O2. The highest BCUT2D eigenvalue weighted by Gasteiger charge is 2.19. The lowest BCUT2D eigenvalue weighted by Crippen LogP contribution is -2.22. The van der Waals surface area contributed by atoms with E-state index in [4.69, 9.17) is 4.74 Å². The van der Waals surface area contributed by atoms with E-state index in [0.29, 0.717) is 17.9 Å². The van der Waals surface area contributed by atoms with Gasteiger partial charge in [-0.05, 0) is 36.8 Å². The van der Waals surface area contributed by atoms with Gasteiger partial charge in [0.05, 0.1) is 6.10 Å². The van der Waals surface area contributed by atoms with E-state index in [2.05, 4.69) is 0 Å². The fraction of sp³-hybridized carbons (Fsp3) is 0.571. The standard InChI is InChI=1S/C14H18F2O2/c15-12-2-1-11(14(16)9-12)8-13(17)7-10-3-5-18-6-4-10/h1-2,9-10,13,17H,3-8H2. The zero-order valence-corrected chi connectivity index (χ0v) is 10.2. The third kappa shape index (κ3) is 3.75. The molecule has 1 aromatic rings. The molecule has 1 aliphatic rings. The zero-order chi connectivity index (χ0) is 13.0. The van der Waals surface area contributed by atoms with Crippen molar-refractivity contribution < 1.29 is 18.6 Å². The van der Waals surface area contributed by atoms with Crippen molar-refractivity contribution in [1.29, 1.82) is 0 Å². The van der Waals surface area contributed by atoms with E-state index in [0.717, 1.165) is 32.1 Å². The third-order valence-electron chi connectivity index (χ3n) is 3.42. The van der Waals surface area contributed by atoms with Gasteiger partial charge >= 0.3 is 0 Å². The predicted molar refractivity (Wildman–Crippen MR) is 64.2 cm³/mol. The maximum absolute atomic E-state index is 13.4. The van der Waals surface area contributed by atoms with Gasteiger partial charge in [0.2, 0.25) is 0 Å². The SMILES string of the molecule is OC(Cc1ccc(F)cc1F)CC1CCOCC1. The molecule has 4 heteroatoms. The first-order valence-corrected chi connectivity index (χ1v) is 6.35. The molecule has 1 atom stereocenters. The second-order valence-electron chi connectivity index (χ2n) is 4.89. The second kappa shape index (κ2) is 6.25. The quantitative estimate of drug-likeness (QED) is 0.897.